The lowest BCUT2D eigenvalue weighted by Crippen LogP contribution is -2.16. The van der Waals surface area contributed by atoms with E-state index in [0.717, 1.165) is 22.0 Å². The van der Waals surface area contributed by atoms with Gasteiger partial charge >= 0.3 is 0 Å². The molecule has 4 heteroatoms. The maximum Gasteiger partial charge on any atom is 0.156 e. The molecule has 0 saturated carbocycles. The summed E-state index contributed by atoms with van der Waals surface area (Å²) in [7, 11) is -3.09. The number of hydrogen-bond acceptors (Lipinski definition) is 2. The van der Waals surface area contributed by atoms with Gasteiger partial charge in [0.1, 0.15) is 0 Å². The Morgan fingerprint density at radius 3 is 2.35 bits per heavy atom. The number of benzene rings is 1. The first-order valence-corrected chi connectivity index (χ1v) is 8.76. The van der Waals surface area contributed by atoms with Crippen LogP contribution in [0.3, 0.4) is 0 Å². The van der Waals surface area contributed by atoms with Crippen molar-refractivity contribution in [3.63, 3.8) is 0 Å². The van der Waals surface area contributed by atoms with Crippen molar-refractivity contribution in [1.82, 2.24) is 4.57 Å². The monoisotopic (exact) mass is 293 g/mol. The van der Waals surface area contributed by atoms with Crippen molar-refractivity contribution in [3.8, 4) is 0 Å². The fourth-order valence-corrected chi connectivity index (χ4v) is 3.49. The van der Waals surface area contributed by atoms with Gasteiger partial charge in [-0.3, -0.25) is 0 Å². The van der Waals surface area contributed by atoms with Crippen molar-refractivity contribution in [2.75, 3.05) is 0 Å². The first-order valence-electron chi connectivity index (χ1n) is 7.04. The summed E-state index contributed by atoms with van der Waals surface area (Å²) in [6.45, 7) is 9.75. The first kappa shape index (κ1) is 15.1. The molecule has 0 radical (unpaired) electrons. The molecule has 2 aromatic rings. The minimum Gasteiger partial charge on any atom is -0.345 e. The fraction of sp³-hybridized carbons (Fsp3) is 0.500. The summed E-state index contributed by atoms with van der Waals surface area (Å²) in [5.74, 6) is 0.117. The average Bonchev–Trinajstić information content (AvgIpc) is 2.68. The third kappa shape index (κ3) is 2.62. The van der Waals surface area contributed by atoms with Crippen LogP contribution < -0.4 is 0 Å². The number of nitrogens with zero attached hydrogens (tertiary/aromatic N) is 1. The van der Waals surface area contributed by atoms with Crippen molar-refractivity contribution in [1.29, 1.82) is 0 Å². The second kappa shape index (κ2) is 5.24. The van der Waals surface area contributed by atoms with E-state index in [0.29, 0.717) is 6.04 Å². The maximum absolute atomic E-state index is 12.2. The largest absolute Gasteiger partial charge is 0.345 e. The molecule has 0 N–H and O–H groups in total. The van der Waals surface area contributed by atoms with E-state index in [2.05, 4.69) is 24.5 Å². The van der Waals surface area contributed by atoms with Gasteiger partial charge in [0.05, 0.1) is 11.0 Å². The van der Waals surface area contributed by atoms with E-state index in [9.17, 15) is 8.42 Å². The molecule has 0 spiro atoms. The van der Waals surface area contributed by atoms with Gasteiger partial charge in [0.25, 0.3) is 0 Å². The molecule has 0 fully saturated rings. The van der Waals surface area contributed by atoms with Gasteiger partial charge in [-0.25, -0.2) is 8.42 Å². The minimum absolute atomic E-state index is 0.117. The Balaban J connectivity index is 2.65. The van der Waals surface area contributed by atoms with Gasteiger partial charge in [-0.2, -0.15) is 0 Å². The Morgan fingerprint density at radius 1 is 1.15 bits per heavy atom. The zero-order valence-electron chi connectivity index (χ0n) is 12.8. The Labute approximate surface area is 121 Å². The maximum atomic E-state index is 12.2. The summed E-state index contributed by atoms with van der Waals surface area (Å²) in [4.78, 5) is 0. The number of hydrogen-bond donors (Lipinski definition) is 0. The molecule has 1 heterocycles. The SMILES string of the molecule is Cc1cccc2c1c(CS(=O)(=O)C(C)C)cn2C(C)C. The molecule has 1 aromatic carbocycles. The number of fused-ring (bicyclic) bond motifs is 1. The predicted octanol–water partition coefficient (Wildman–Crippen LogP) is 3.85. The lowest BCUT2D eigenvalue weighted by molar-refractivity contribution is 0.586. The summed E-state index contributed by atoms with van der Waals surface area (Å²) in [6, 6.07) is 6.44. The van der Waals surface area contributed by atoms with Crippen LogP contribution in [0.25, 0.3) is 10.9 Å². The number of aromatic nitrogens is 1. The first-order chi connectivity index (χ1) is 9.24. The standard InChI is InChI=1S/C16H23NO2S/c1-11(2)17-9-14(10-20(18,19)12(3)4)16-13(5)7-6-8-15(16)17/h6-9,11-12H,10H2,1-5H3. The van der Waals surface area contributed by atoms with Crippen LogP contribution in [-0.4, -0.2) is 18.2 Å². The van der Waals surface area contributed by atoms with Crippen LogP contribution in [0.2, 0.25) is 0 Å². The van der Waals surface area contributed by atoms with Gasteiger partial charge in [-0.1, -0.05) is 12.1 Å². The van der Waals surface area contributed by atoms with Crippen molar-refractivity contribution in [2.24, 2.45) is 0 Å². The summed E-state index contributed by atoms with van der Waals surface area (Å²) < 4.78 is 26.6. The topological polar surface area (TPSA) is 39.1 Å². The molecule has 0 aliphatic rings. The normalized spacial score (nSPS) is 12.8. The Bertz CT molecular complexity index is 724. The summed E-state index contributed by atoms with van der Waals surface area (Å²) in [6.07, 6.45) is 2.00. The highest BCUT2D eigenvalue weighted by Crippen LogP contribution is 2.29. The van der Waals surface area contributed by atoms with Crippen molar-refractivity contribution in [3.05, 3.63) is 35.5 Å². The third-order valence-corrected chi connectivity index (χ3v) is 5.93. The van der Waals surface area contributed by atoms with Gasteiger partial charge in [0.2, 0.25) is 0 Å². The molecule has 20 heavy (non-hydrogen) atoms. The molecule has 0 aliphatic heterocycles. The van der Waals surface area contributed by atoms with Crippen LogP contribution in [0, 0.1) is 6.92 Å². The molecule has 0 saturated heterocycles. The highest BCUT2D eigenvalue weighted by atomic mass is 32.2. The molecular formula is C16H23NO2S. The zero-order chi connectivity index (χ0) is 15.1. The highest BCUT2D eigenvalue weighted by molar-refractivity contribution is 7.91. The molecule has 0 atom stereocenters. The van der Waals surface area contributed by atoms with Crippen molar-refractivity contribution < 1.29 is 8.42 Å². The van der Waals surface area contributed by atoms with Crippen LogP contribution in [-0.2, 0) is 15.6 Å². The summed E-state index contributed by atoms with van der Waals surface area (Å²) in [5, 5.41) is 0.745. The van der Waals surface area contributed by atoms with E-state index in [1.807, 2.05) is 25.3 Å². The van der Waals surface area contributed by atoms with Gasteiger partial charge in [0, 0.05) is 23.1 Å². The predicted molar refractivity (Wildman–Crippen MR) is 84.8 cm³/mol. The Morgan fingerprint density at radius 2 is 1.80 bits per heavy atom. The number of sulfone groups is 1. The van der Waals surface area contributed by atoms with E-state index in [1.165, 1.54) is 0 Å². The lowest BCUT2D eigenvalue weighted by Gasteiger charge is -2.09. The van der Waals surface area contributed by atoms with Crippen LogP contribution in [0.1, 0.15) is 44.9 Å². The third-order valence-electron chi connectivity index (χ3n) is 3.78. The smallest absolute Gasteiger partial charge is 0.156 e. The van der Waals surface area contributed by atoms with E-state index in [4.69, 9.17) is 0 Å². The second-order valence-electron chi connectivity index (χ2n) is 5.98. The molecule has 110 valence electrons. The van der Waals surface area contributed by atoms with E-state index in [-0.39, 0.29) is 11.0 Å². The summed E-state index contributed by atoms with van der Waals surface area (Å²) in [5.41, 5.74) is 3.17. The molecule has 1 aromatic heterocycles. The van der Waals surface area contributed by atoms with E-state index >= 15 is 0 Å². The highest BCUT2D eigenvalue weighted by Gasteiger charge is 2.21. The van der Waals surface area contributed by atoms with Gasteiger partial charge in [0.15, 0.2) is 9.84 Å². The van der Waals surface area contributed by atoms with Gasteiger partial charge in [-0.15, -0.1) is 0 Å². The Hall–Kier alpha value is -1.29. The number of aryl methyl sites for hydroxylation is 1. The van der Waals surface area contributed by atoms with E-state index < -0.39 is 9.84 Å². The molecule has 0 amide bonds. The Kier molecular flexibility index (Phi) is 3.96. The molecular weight excluding hydrogens is 270 g/mol. The number of rotatable bonds is 4. The molecule has 0 unspecified atom stereocenters. The molecule has 3 nitrogen and oxygen atoms in total. The second-order valence-corrected chi connectivity index (χ2v) is 8.54. The minimum atomic E-state index is -3.09. The van der Waals surface area contributed by atoms with Crippen LogP contribution in [0.4, 0.5) is 0 Å². The van der Waals surface area contributed by atoms with Crippen molar-refractivity contribution in [2.45, 2.75) is 51.7 Å². The average molecular weight is 293 g/mol. The fourth-order valence-electron chi connectivity index (χ4n) is 2.51. The van der Waals surface area contributed by atoms with Crippen LogP contribution >= 0.6 is 0 Å². The van der Waals surface area contributed by atoms with E-state index in [1.54, 1.807) is 13.8 Å². The molecule has 2 rings (SSSR count). The van der Waals surface area contributed by atoms with Gasteiger partial charge in [-0.05, 0) is 51.8 Å². The van der Waals surface area contributed by atoms with Gasteiger partial charge < -0.3 is 4.57 Å². The quantitative estimate of drug-likeness (QED) is 0.858. The zero-order valence-corrected chi connectivity index (χ0v) is 13.7. The van der Waals surface area contributed by atoms with Crippen LogP contribution in [0.15, 0.2) is 24.4 Å². The van der Waals surface area contributed by atoms with Crippen LogP contribution in [0.5, 0.6) is 0 Å². The molecule has 0 aliphatic carbocycles. The van der Waals surface area contributed by atoms with Crippen molar-refractivity contribution >= 4 is 20.7 Å². The molecule has 0 bridgehead atoms. The lowest BCUT2D eigenvalue weighted by atomic mass is 10.1. The summed E-state index contributed by atoms with van der Waals surface area (Å²) >= 11 is 0.